The van der Waals surface area contributed by atoms with Crippen LogP contribution in [0, 0.1) is 5.92 Å². The third-order valence-electron chi connectivity index (χ3n) is 4.24. The maximum atomic E-state index is 12.9. The van der Waals surface area contributed by atoms with Crippen molar-refractivity contribution in [1.82, 2.24) is 4.98 Å². The molecule has 0 aliphatic carbocycles. The minimum Gasteiger partial charge on any atom is -0.481 e. The second-order valence-electron chi connectivity index (χ2n) is 6.15. The number of nitrogens with one attached hydrogen (secondary N) is 1. The van der Waals surface area contributed by atoms with Gasteiger partial charge in [-0.05, 0) is 31.2 Å². The summed E-state index contributed by atoms with van der Waals surface area (Å²) >= 11 is 1.38. The molecule has 3 aromatic rings. The monoisotopic (exact) mass is 395 g/mol. The maximum Gasteiger partial charge on any atom is 0.316 e. The lowest BCUT2D eigenvalue weighted by Gasteiger charge is -2.24. The predicted molar refractivity (Wildman–Crippen MR) is 111 cm³/mol. The van der Waals surface area contributed by atoms with E-state index in [1.54, 1.807) is 17.5 Å². The van der Waals surface area contributed by atoms with E-state index in [1.165, 1.54) is 16.2 Å². The number of hydrogen-bond acceptors (Lipinski definition) is 5. The number of carboxylic acids is 1. The van der Waals surface area contributed by atoms with Crippen LogP contribution in [0.25, 0.3) is 0 Å². The van der Waals surface area contributed by atoms with Crippen LogP contribution in [-0.2, 0) is 16.0 Å². The molecule has 0 radical (unpaired) electrons. The van der Waals surface area contributed by atoms with Crippen LogP contribution < -0.4 is 10.2 Å². The Morgan fingerprint density at radius 3 is 2.36 bits per heavy atom. The van der Waals surface area contributed by atoms with Crippen molar-refractivity contribution >= 4 is 39.7 Å². The summed E-state index contributed by atoms with van der Waals surface area (Å²) in [4.78, 5) is 30.7. The van der Waals surface area contributed by atoms with Gasteiger partial charge in [-0.15, -0.1) is 11.3 Å². The van der Waals surface area contributed by atoms with E-state index >= 15 is 0 Å². The largest absolute Gasteiger partial charge is 0.481 e. The van der Waals surface area contributed by atoms with Gasteiger partial charge in [-0.2, -0.15) is 0 Å². The molecule has 0 fully saturated rings. The molecule has 144 valence electrons. The molecule has 2 aromatic carbocycles. The Hall–Kier alpha value is -3.19. The highest BCUT2D eigenvalue weighted by Crippen LogP contribution is 2.24. The molecule has 28 heavy (non-hydrogen) atoms. The summed E-state index contributed by atoms with van der Waals surface area (Å²) in [5, 5.41) is 15.3. The molecule has 0 saturated heterocycles. The number of hydrogen-bond donors (Lipinski definition) is 2. The van der Waals surface area contributed by atoms with Crippen LogP contribution in [0.2, 0.25) is 0 Å². The summed E-state index contributed by atoms with van der Waals surface area (Å²) < 4.78 is 0. The highest BCUT2D eigenvalue weighted by molar-refractivity contribution is 7.13. The summed E-state index contributed by atoms with van der Waals surface area (Å²) in [5.74, 6) is -2.77. The summed E-state index contributed by atoms with van der Waals surface area (Å²) in [7, 11) is 0. The van der Waals surface area contributed by atoms with E-state index in [-0.39, 0.29) is 6.42 Å². The molecule has 6 nitrogen and oxygen atoms in total. The molecule has 0 saturated carbocycles. The third kappa shape index (κ3) is 4.75. The highest BCUT2D eigenvalue weighted by atomic mass is 32.1. The number of carbonyl (C=O) groups is 2. The number of aliphatic carboxylic acids is 1. The summed E-state index contributed by atoms with van der Waals surface area (Å²) in [6.45, 7) is 2.22. The Kier molecular flexibility index (Phi) is 6.39. The van der Waals surface area contributed by atoms with Gasteiger partial charge in [0.2, 0.25) is 5.91 Å². The normalized spacial score (nSPS) is 11.6. The number of carboxylic acid groups (broad SMARTS) is 1. The molecule has 2 N–H and O–H groups in total. The average Bonchev–Trinajstić information content (AvgIpc) is 3.15. The topological polar surface area (TPSA) is 82.5 Å². The molecule has 1 atom stereocenters. The first kappa shape index (κ1) is 19.6. The first-order chi connectivity index (χ1) is 13.6. The van der Waals surface area contributed by atoms with Crippen LogP contribution in [0.5, 0.6) is 0 Å². The zero-order chi connectivity index (χ0) is 19.9. The second kappa shape index (κ2) is 9.14. The summed E-state index contributed by atoms with van der Waals surface area (Å²) in [5.41, 5.74) is 2.16. The van der Waals surface area contributed by atoms with Crippen LogP contribution in [0.15, 0.2) is 66.0 Å². The molecule has 3 rings (SSSR count). The van der Waals surface area contributed by atoms with Crippen LogP contribution in [-0.4, -0.2) is 28.5 Å². The van der Waals surface area contributed by atoms with E-state index in [2.05, 4.69) is 10.3 Å². The summed E-state index contributed by atoms with van der Waals surface area (Å²) in [6, 6.07) is 18.7. The quantitative estimate of drug-likeness (QED) is 0.559. The Bertz CT molecular complexity index is 928. The molecule has 0 aliphatic rings. The van der Waals surface area contributed by atoms with E-state index in [0.717, 1.165) is 5.69 Å². The van der Waals surface area contributed by atoms with Gasteiger partial charge in [0.15, 0.2) is 5.13 Å². The molecule has 0 bridgehead atoms. The van der Waals surface area contributed by atoms with Gasteiger partial charge in [0, 0.05) is 29.7 Å². The lowest BCUT2D eigenvalue weighted by atomic mass is 10.0. The van der Waals surface area contributed by atoms with E-state index in [1.807, 2.05) is 55.5 Å². The summed E-state index contributed by atoms with van der Waals surface area (Å²) in [6.07, 6.45) is 0.0461. The SMILES string of the molecule is CCN(C(=O)C(Cc1csc(Nc2ccccc2)n1)C(=O)O)c1ccccc1. The van der Waals surface area contributed by atoms with Crippen molar-refractivity contribution in [1.29, 1.82) is 0 Å². The average molecular weight is 395 g/mol. The zero-order valence-electron chi connectivity index (χ0n) is 15.4. The van der Waals surface area contributed by atoms with E-state index in [4.69, 9.17) is 0 Å². The molecular formula is C21H21N3O3S. The van der Waals surface area contributed by atoms with E-state index < -0.39 is 17.8 Å². The van der Waals surface area contributed by atoms with Gasteiger partial charge in [0.1, 0.15) is 5.92 Å². The van der Waals surface area contributed by atoms with Crippen LogP contribution >= 0.6 is 11.3 Å². The van der Waals surface area contributed by atoms with Gasteiger partial charge < -0.3 is 15.3 Å². The van der Waals surface area contributed by atoms with Crippen molar-refractivity contribution in [3.63, 3.8) is 0 Å². The van der Waals surface area contributed by atoms with Crippen LogP contribution in [0.4, 0.5) is 16.5 Å². The molecule has 0 aliphatic heterocycles. The molecular weight excluding hydrogens is 374 g/mol. The first-order valence-corrected chi connectivity index (χ1v) is 9.82. The number of aromatic nitrogens is 1. The Labute approximate surface area is 167 Å². The van der Waals surface area contributed by atoms with Crippen LogP contribution in [0.3, 0.4) is 0 Å². The smallest absolute Gasteiger partial charge is 0.316 e. The number of amides is 1. The number of benzene rings is 2. The van der Waals surface area contributed by atoms with Gasteiger partial charge in [-0.1, -0.05) is 36.4 Å². The lowest BCUT2D eigenvalue weighted by Crippen LogP contribution is -2.40. The van der Waals surface area contributed by atoms with E-state index in [9.17, 15) is 14.7 Å². The predicted octanol–water partition coefficient (Wildman–Crippen LogP) is 4.18. The minimum absolute atomic E-state index is 0.0461. The van der Waals surface area contributed by atoms with Crippen molar-refractivity contribution in [2.45, 2.75) is 13.3 Å². The fourth-order valence-electron chi connectivity index (χ4n) is 2.85. The number of rotatable bonds is 8. The van der Waals surface area contributed by atoms with Gasteiger partial charge in [-0.25, -0.2) is 4.98 Å². The minimum atomic E-state index is -1.19. The Morgan fingerprint density at radius 2 is 1.75 bits per heavy atom. The first-order valence-electron chi connectivity index (χ1n) is 8.94. The van der Waals surface area contributed by atoms with E-state index in [0.29, 0.717) is 23.1 Å². The number of anilines is 3. The molecule has 1 aromatic heterocycles. The van der Waals surface area contributed by atoms with Gasteiger partial charge in [-0.3, -0.25) is 9.59 Å². The van der Waals surface area contributed by atoms with Gasteiger partial charge >= 0.3 is 5.97 Å². The molecule has 1 heterocycles. The Morgan fingerprint density at radius 1 is 1.11 bits per heavy atom. The molecule has 1 unspecified atom stereocenters. The second-order valence-corrected chi connectivity index (χ2v) is 7.01. The van der Waals surface area contributed by atoms with Crippen molar-refractivity contribution < 1.29 is 14.7 Å². The Balaban J connectivity index is 1.74. The standard InChI is InChI=1S/C21H21N3O3S/c1-2-24(17-11-7-4-8-12-17)19(25)18(20(26)27)13-16-14-28-21(23-16)22-15-9-5-3-6-10-15/h3-12,14,18H,2,13H2,1H3,(H,22,23)(H,26,27). The number of nitrogens with zero attached hydrogens (tertiary/aromatic N) is 2. The number of thiazole rings is 1. The number of para-hydroxylation sites is 2. The lowest BCUT2D eigenvalue weighted by molar-refractivity contribution is -0.146. The molecule has 0 spiro atoms. The third-order valence-corrected chi connectivity index (χ3v) is 5.04. The van der Waals surface area contributed by atoms with Gasteiger partial charge in [0.25, 0.3) is 0 Å². The van der Waals surface area contributed by atoms with Gasteiger partial charge in [0.05, 0.1) is 5.69 Å². The highest BCUT2D eigenvalue weighted by Gasteiger charge is 2.31. The fraction of sp³-hybridized carbons (Fsp3) is 0.190. The molecule has 1 amide bonds. The van der Waals surface area contributed by atoms with Crippen molar-refractivity contribution in [3.8, 4) is 0 Å². The molecule has 7 heteroatoms. The fourth-order valence-corrected chi connectivity index (χ4v) is 3.60. The van der Waals surface area contributed by atoms with Crippen molar-refractivity contribution in [2.75, 3.05) is 16.8 Å². The van der Waals surface area contributed by atoms with Crippen molar-refractivity contribution in [3.05, 3.63) is 71.7 Å². The van der Waals surface area contributed by atoms with Crippen LogP contribution in [0.1, 0.15) is 12.6 Å². The zero-order valence-corrected chi connectivity index (χ0v) is 16.2. The number of carbonyl (C=O) groups excluding carboxylic acids is 1. The maximum absolute atomic E-state index is 12.9. The van der Waals surface area contributed by atoms with Crippen molar-refractivity contribution in [2.24, 2.45) is 5.92 Å².